The van der Waals surface area contributed by atoms with Gasteiger partial charge in [0.25, 0.3) is 0 Å². The monoisotopic (exact) mass is 303 g/mol. The number of hydrogen-bond acceptors (Lipinski definition) is 4. The van der Waals surface area contributed by atoms with Crippen molar-refractivity contribution in [2.45, 2.75) is 25.4 Å². The van der Waals surface area contributed by atoms with Crippen LogP contribution in [0.3, 0.4) is 0 Å². The van der Waals surface area contributed by atoms with Crippen LogP contribution < -0.4 is 10.1 Å². The number of aliphatic hydroxyl groups excluding tert-OH is 1. The molecule has 1 aromatic rings. The van der Waals surface area contributed by atoms with Gasteiger partial charge >= 0.3 is 0 Å². The van der Waals surface area contributed by atoms with Gasteiger partial charge in [0.2, 0.25) is 0 Å². The summed E-state index contributed by atoms with van der Waals surface area (Å²) in [6.07, 6.45) is 2.81. The molecule has 0 heterocycles. The number of benzene rings is 1. The Balaban J connectivity index is 2.80. The number of halogens is 1. The molecule has 0 bridgehead atoms. The van der Waals surface area contributed by atoms with Crippen LogP contribution in [0.4, 0.5) is 0 Å². The Bertz CT molecular complexity index is 384. The lowest BCUT2D eigenvalue weighted by Crippen LogP contribution is -2.34. The SMILES string of the molecule is COc1ccc(Cl)cc1C(C)NC(CCO)CSC. The highest BCUT2D eigenvalue weighted by molar-refractivity contribution is 7.98. The first-order valence-corrected chi connectivity index (χ1v) is 8.08. The van der Waals surface area contributed by atoms with Crippen molar-refractivity contribution in [1.82, 2.24) is 5.32 Å². The third-order valence-electron chi connectivity index (χ3n) is 2.99. The van der Waals surface area contributed by atoms with Gasteiger partial charge < -0.3 is 15.2 Å². The Morgan fingerprint density at radius 1 is 1.47 bits per heavy atom. The molecule has 0 spiro atoms. The van der Waals surface area contributed by atoms with E-state index in [2.05, 4.69) is 18.5 Å². The van der Waals surface area contributed by atoms with Crippen molar-refractivity contribution in [3.05, 3.63) is 28.8 Å². The fourth-order valence-corrected chi connectivity index (χ4v) is 2.90. The molecule has 0 amide bonds. The Morgan fingerprint density at radius 3 is 2.79 bits per heavy atom. The van der Waals surface area contributed by atoms with Gasteiger partial charge in [-0.2, -0.15) is 11.8 Å². The molecule has 1 rings (SSSR count). The topological polar surface area (TPSA) is 41.5 Å². The summed E-state index contributed by atoms with van der Waals surface area (Å²) in [6, 6.07) is 6.03. The molecule has 0 aliphatic heterocycles. The van der Waals surface area contributed by atoms with E-state index in [9.17, 15) is 0 Å². The number of hydrogen-bond donors (Lipinski definition) is 2. The average molecular weight is 304 g/mol. The Kier molecular flexibility index (Phi) is 7.61. The minimum Gasteiger partial charge on any atom is -0.496 e. The maximum atomic E-state index is 9.10. The average Bonchev–Trinajstić information content (AvgIpc) is 2.39. The van der Waals surface area contributed by atoms with Gasteiger partial charge in [-0.05, 0) is 37.8 Å². The van der Waals surface area contributed by atoms with Crippen molar-refractivity contribution < 1.29 is 9.84 Å². The molecule has 2 N–H and O–H groups in total. The zero-order valence-corrected chi connectivity index (χ0v) is 13.2. The fourth-order valence-electron chi connectivity index (χ4n) is 2.06. The summed E-state index contributed by atoms with van der Waals surface area (Å²) < 4.78 is 5.37. The van der Waals surface area contributed by atoms with Crippen molar-refractivity contribution in [3.63, 3.8) is 0 Å². The highest BCUT2D eigenvalue weighted by Crippen LogP contribution is 2.28. The maximum absolute atomic E-state index is 9.10. The molecule has 2 atom stereocenters. The number of aliphatic hydroxyl groups is 1. The van der Waals surface area contributed by atoms with Crippen molar-refractivity contribution in [1.29, 1.82) is 0 Å². The molecule has 0 saturated heterocycles. The van der Waals surface area contributed by atoms with E-state index in [-0.39, 0.29) is 18.7 Å². The lowest BCUT2D eigenvalue weighted by molar-refractivity contribution is 0.265. The van der Waals surface area contributed by atoms with Gasteiger partial charge in [-0.15, -0.1) is 0 Å². The Hall–Kier alpha value is -0.420. The minimum atomic E-state index is 0.123. The van der Waals surface area contributed by atoms with Gasteiger partial charge in [0.15, 0.2) is 0 Å². The number of rotatable bonds is 8. The van der Waals surface area contributed by atoms with Gasteiger partial charge in [-0.3, -0.25) is 0 Å². The van der Waals surface area contributed by atoms with Crippen LogP contribution in [0.15, 0.2) is 18.2 Å². The van der Waals surface area contributed by atoms with E-state index >= 15 is 0 Å². The molecule has 0 saturated carbocycles. The highest BCUT2D eigenvalue weighted by Gasteiger charge is 2.16. The summed E-state index contributed by atoms with van der Waals surface area (Å²) in [5.41, 5.74) is 1.04. The molecule has 19 heavy (non-hydrogen) atoms. The number of nitrogens with one attached hydrogen (secondary N) is 1. The summed E-state index contributed by atoms with van der Waals surface area (Å²) in [4.78, 5) is 0. The van der Waals surface area contributed by atoms with Gasteiger partial charge in [-0.1, -0.05) is 11.6 Å². The second kappa shape index (κ2) is 8.69. The molecular formula is C14H22ClNO2S. The van der Waals surface area contributed by atoms with E-state index in [1.54, 1.807) is 18.9 Å². The summed E-state index contributed by atoms with van der Waals surface area (Å²) in [5.74, 6) is 1.80. The van der Waals surface area contributed by atoms with E-state index in [1.807, 2.05) is 18.2 Å². The molecule has 108 valence electrons. The second-order valence-corrected chi connectivity index (χ2v) is 5.79. The van der Waals surface area contributed by atoms with E-state index in [0.29, 0.717) is 5.02 Å². The number of ether oxygens (including phenoxy) is 1. The van der Waals surface area contributed by atoms with Crippen LogP contribution in [0.2, 0.25) is 5.02 Å². The third kappa shape index (κ3) is 5.22. The Labute approximate surface area is 124 Å². The molecule has 0 aliphatic carbocycles. The van der Waals surface area contributed by atoms with Gasteiger partial charge in [0.05, 0.1) is 7.11 Å². The minimum absolute atomic E-state index is 0.123. The predicted molar refractivity (Wildman–Crippen MR) is 83.4 cm³/mol. The van der Waals surface area contributed by atoms with Gasteiger partial charge in [0, 0.05) is 35.0 Å². The molecule has 5 heteroatoms. The van der Waals surface area contributed by atoms with E-state index < -0.39 is 0 Å². The molecule has 0 aliphatic rings. The van der Waals surface area contributed by atoms with E-state index in [0.717, 1.165) is 23.5 Å². The fraction of sp³-hybridized carbons (Fsp3) is 0.571. The van der Waals surface area contributed by atoms with Crippen LogP contribution in [0.5, 0.6) is 5.75 Å². The van der Waals surface area contributed by atoms with Gasteiger partial charge in [-0.25, -0.2) is 0 Å². The lowest BCUT2D eigenvalue weighted by atomic mass is 10.1. The normalized spacial score (nSPS) is 14.2. The van der Waals surface area contributed by atoms with Crippen LogP contribution in [0, 0.1) is 0 Å². The summed E-state index contributed by atoms with van der Waals surface area (Å²) in [6.45, 7) is 2.27. The molecule has 0 aromatic heterocycles. The van der Waals surface area contributed by atoms with E-state index in [4.69, 9.17) is 21.4 Å². The van der Waals surface area contributed by atoms with E-state index in [1.165, 1.54) is 0 Å². The highest BCUT2D eigenvalue weighted by atomic mass is 35.5. The molecule has 0 fully saturated rings. The van der Waals surface area contributed by atoms with Crippen LogP contribution in [-0.2, 0) is 0 Å². The first-order valence-electron chi connectivity index (χ1n) is 6.31. The van der Waals surface area contributed by atoms with Crippen molar-refractivity contribution in [2.24, 2.45) is 0 Å². The zero-order valence-electron chi connectivity index (χ0n) is 11.6. The molecule has 2 unspecified atom stereocenters. The van der Waals surface area contributed by atoms with Crippen molar-refractivity contribution in [2.75, 3.05) is 25.7 Å². The van der Waals surface area contributed by atoms with Crippen LogP contribution in [-0.4, -0.2) is 36.9 Å². The quantitative estimate of drug-likeness (QED) is 0.774. The van der Waals surface area contributed by atoms with Gasteiger partial charge in [0.1, 0.15) is 5.75 Å². The Morgan fingerprint density at radius 2 is 2.21 bits per heavy atom. The standard InChI is InChI=1S/C14H22ClNO2S/c1-10(16-12(6-7-17)9-19-3)13-8-11(15)4-5-14(13)18-2/h4-5,8,10,12,16-17H,6-7,9H2,1-3H3. The molecule has 1 aromatic carbocycles. The predicted octanol–water partition coefficient (Wildman–Crippen LogP) is 3.11. The van der Waals surface area contributed by atoms with Crippen molar-refractivity contribution >= 4 is 23.4 Å². The maximum Gasteiger partial charge on any atom is 0.123 e. The third-order valence-corrected chi connectivity index (χ3v) is 3.96. The first-order chi connectivity index (χ1) is 9.12. The number of methoxy groups -OCH3 is 1. The smallest absolute Gasteiger partial charge is 0.123 e. The van der Waals surface area contributed by atoms with Crippen LogP contribution >= 0.6 is 23.4 Å². The largest absolute Gasteiger partial charge is 0.496 e. The lowest BCUT2D eigenvalue weighted by Gasteiger charge is -2.24. The summed E-state index contributed by atoms with van der Waals surface area (Å²) >= 11 is 7.82. The van der Waals surface area contributed by atoms with Crippen molar-refractivity contribution in [3.8, 4) is 5.75 Å². The molecule has 3 nitrogen and oxygen atoms in total. The summed E-state index contributed by atoms with van der Waals surface area (Å²) in [7, 11) is 1.66. The molecular weight excluding hydrogens is 282 g/mol. The number of thioether (sulfide) groups is 1. The second-order valence-electron chi connectivity index (χ2n) is 4.44. The zero-order chi connectivity index (χ0) is 14.3. The first kappa shape index (κ1) is 16.6. The summed E-state index contributed by atoms with van der Waals surface area (Å²) in [5, 5.41) is 13.3. The molecule has 0 radical (unpaired) electrons. The van der Waals surface area contributed by atoms with Crippen LogP contribution in [0.1, 0.15) is 24.9 Å². The van der Waals surface area contributed by atoms with Crippen LogP contribution in [0.25, 0.3) is 0 Å².